The van der Waals surface area contributed by atoms with Crippen LogP contribution in [0.15, 0.2) is 30.3 Å². The Kier molecular flexibility index (Phi) is 5.55. The lowest BCUT2D eigenvalue weighted by molar-refractivity contribution is -0.359. The smallest absolute Gasteiger partial charge is 0.332 e. The third-order valence-corrected chi connectivity index (χ3v) is 4.60. The summed E-state index contributed by atoms with van der Waals surface area (Å²) >= 11 is 0. The number of hydrogen-bond acceptors (Lipinski definition) is 8. The summed E-state index contributed by atoms with van der Waals surface area (Å²) in [5.74, 6) is -0.871. The van der Waals surface area contributed by atoms with Gasteiger partial charge in [-0.1, -0.05) is 30.3 Å². The van der Waals surface area contributed by atoms with Crippen LogP contribution in [-0.2, 0) is 28.5 Å². The van der Waals surface area contributed by atoms with Gasteiger partial charge in [0, 0.05) is 12.7 Å². The van der Waals surface area contributed by atoms with Crippen molar-refractivity contribution in [3.05, 3.63) is 35.9 Å². The third kappa shape index (κ3) is 2.98. The normalized spacial score (nSPS) is 36.6. The Balaban J connectivity index is 1.98. The van der Waals surface area contributed by atoms with E-state index in [1.54, 1.807) is 6.92 Å². The van der Waals surface area contributed by atoms with Crippen LogP contribution in [0.4, 0.5) is 0 Å². The second-order valence-electron chi connectivity index (χ2n) is 6.06. The number of ether oxygens (including phenoxy) is 5. The first-order valence-corrected chi connectivity index (χ1v) is 8.35. The fourth-order valence-corrected chi connectivity index (χ4v) is 3.30. The Labute approximate surface area is 151 Å². The Bertz CT molecular complexity index is 676. The molecule has 1 N–H and O–H groups in total. The van der Waals surface area contributed by atoms with Crippen LogP contribution in [-0.4, -0.2) is 56.0 Å². The summed E-state index contributed by atoms with van der Waals surface area (Å²) < 4.78 is 27.4. The zero-order valence-electron chi connectivity index (χ0n) is 14.5. The summed E-state index contributed by atoms with van der Waals surface area (Å²) in [7, 11) is 1.32. The van der Waals surface area contributed by atoms with Crippen molar-refractivity contribution in [2.24, 2.45) is 5.41 Å². The van der Waals surface area contributed by atoms with Crippen LogP contribution in [0.3, 0.4) is 0 Å². The molecule has 8 nitrogen and oxygen atoms in total. The van der Waals surface area contributed by atoms with Crippen LogP contribution in [0.25, 0.3) is 0 Å². The molecule has 2 aliphatic heterocycles. The van der Waals surface area contributed by atoms with Crippen LogP contribution in [0.1, 0.15) is 18.8 Å². The number of nitriles is 1. The highest BCUT2D eigenvalue weighted by molar-refractivity contribution is 5.82. The molecular weight excluding hydrogens is 342 g/mol. The maximum atomic E-state index is 12.7. The number of methoxy groups -OCH3 is 1. The molecule has 0 radical (unpaired) electrons. The fourth-order valence-electron chi connectivity index (χ4n) is 3.30. The summed E-state index contributed by atoms with van der Waals surface area (Å²) in [6.07, 6.45) is -5.40. The van der Waals surface area contributed by atoms with Gasteiger partial charge in [0.2, 0.25) is 5.41 Å². The number of carbonyl (C=O) groups excluding carboxylic acids is 1. The van der Waals surface area contributed by atoms with Crippen molar-refractivity contribution < 1.29 is 33.6 Å². The van der Waals surface area contributed by atoms with E-state index in [1.165, 1.54) is 7.11 Å². The Morgan fingerprint density at radius 2 is 2.12 bits per heavy atom. The van der Waals surface area contributed by atoms with Gasteiger partial charge in [-0.05, 0) is 6.92 Å². The standard InChI is InChI=1S/C18H21NO7/c1-3-23-17(21)18(10-19)13(20)16(22-2)25-12-9-24-15(26-14(12)18)11-7-5-4-6-8-11/h4-8,12-16,20H,3,9H2,1-2H3/t12-,13+,14-,15?,16-,18-/m1/s1. The monoisotopic (exact) mass is 363 g/mol. The van der Waals surface area contributed by atoms with Gasteiger partial charge in [0.15, 0.2) is 12.6 Å². The minimum atomic E-state index is -1.99. The highest BCUT2D eigenvalue weighted by Gasteiger charge is 2.65. The van der Waals surface area contributed by atoms with Gasteiger partial charge in [-0.15, -0.1) is 0 Å². The van der Waals surface area contributed by atoms with Crippen molar-refractivity contribution in [1.29, 1.82) is 5.26 Å². The number of rotatable bonds is 4. The molecule has 2 heterocycles. The van der Waals surface area contributed by atoms with Gasteiger partial charge in [-0.3, -0.25) is 4.79 Å². The van der Waals surface area contributed by atoms with Crippen LogP contribution in [0.2, 0.25) is 0 Å². The second-order valence-corrected chi connectivity index (χ2v) is 6.06. The van der Waals surface area contributed by atoms with E-state index in [2.05, 4.69) is 0 Å². The van der Waals surface area contributed by atoms with E-state index in [0.29, 0.717) is 0 Å². The first-order chi connectivity index (χ1) is 12.6. The molecular formula is C18H21NO7. The van der Waals surface area contributed by atoms with Gasteiger partial charge in [-0.25, -0.2) is 0 Å². The maximum Gasteiger partial charge on any atom is 0.332 e. The number of fused-ring (bicyclic) bond motifs is 1. The van der Waals surface area contributed by atoms with E-state index < -0.39 is 42.3 Å². The van der Waals surface area contributed by atoms with Gasteiger partial charge in [0.25, 0.3) is 0 Å². The highest BCUT2D eigenvalue weighted by atomic mass is 16.7. The zero-order valence-corrected chi connectivity index (χ0v) is 14.5. The van der Waals surface area contributed by atoms with Crippen molar-refractivity contribution in [3.63, 3.8) is 0 Å². The largest absolute Gasteiger partial charge is 0.465 e. The number of esters is 1. The minimum Gasteiger partial charge on any atom is -0.465 e. The summed E-state index contributed by atoms with van der Waals surface area (Å²) in [5, 5.41) is 20.6. The van der Waals surface area contributed by atoms with Crippen molar-refractivity contribution in [1.82, 2.24) is 0 Å². The Morgan fingerprint density at radius 1 is 1.38 bits per heavy atom. The van der Waals surface area contributed by atoms with Crippen LogP contribution >= 0.6 is 0 Å². The summed E-state index contributed by atoms with van der Waals surface area (Å²) in [5.41, 5.74) is -1.26. The SMILES string of the molecule is CCOC(=O)[C@@]1(C#N)[C@@H]2OC(c3ccccc3)OC[C@H]2O[C@@H](OC)[C@@H]1O. The molecule has 8 heteroatoms. The van der Waals surface area contributed by atoms with Crippen LogP contribution < -0.4 is 0 Å². The van der Waals surface area contributed by atoms with Gasteiger partial charge < -0.3 is 28.8 Å². The van der Waals surface area contributed by atoms with E-state index >= 15 is 0 Å². The summed E-state index contributed by atoms with van der Waals surface area (Å²) in [6, 6.07) is 11.0. The fraction of sp³-hybridized carbons (Fsp3) is 0.556. The summed E-state index contributed by atoms with van der Waals surface area (Å²) in [6.45, 7) is 1.75. The second kappa shape index (κ2) is 7.70. The lowest BCUT2D eigenvalue weighted by Crippen LogP contribution is -2.68. The summed E-state index contributed by atoms with van der Waals surface area (Å²) in [4.78, 5) is 12.7. The van der Waals surface area contributed by atoms with Gasteiger partial charge >= 0.3 is 5.97 Å². The molecule has 6 atom stereocenters. The van der Waals surface area contributed by atoms with Crippen molar-refractivity contribution in [2.75, 3.05) is 20.3 Å². The van der Waals surface area contributed by atoms with Gasteiger partial charge in [-0.2, -0.15) is 5.26 Å². The van der Waals surface area contributed by atoms with E-state index in [0.717, 1.165) is 5.56 Å². The predicted molar refractivity (Wildman–Crippen MR) is 86.4 cm³/mol. The van der Waals surface area contributed by atoms with Gasteiger partial charge in [0.05, 0.1) is 19.3 Å². The number of aliphatic hydroxyl groups is 1. The van der Waals surface area contributed by atoms with Crippen molar-refractivity contribution >= 4 is 5.97 Å². The third-order valence-electron chi connectivity index (χ3n) is 4.60. The molecule has 2 fully saturated rings. The molecule has 2 aliphatic rings. The number of benzene rings is 1. The first kappa shape index (κ1) is 18.8. The number of nitrogens with zero attached hydrogens (tertiary/aromatic N) is 1. The quantitative estimate of drug-likeness (QED) is 0.787. The average Bonchev–Trinajstić information content (AvgIpc) is 2.68. The number of carbonyl (C=O) groups is 1. The Hall–Kier alpha value is -2.02. The highest BCUT2D eigenvalue weighted by Crippen LogP contribution is 2.45. The van der Waals surface area contributed by atoms with Crippen molar-refractivity contribution in [2.45, 2.75) is 37.8 Å². The molecule has 2 saturated heterocycles. The lowest BCUT2D eigenvalue weighted by atomic mass is 9.73. The maximum absolute atomic E-state index is 12.7. The first-order valence-electron chi connectivity index (χ1n) is 8.35. The van der Waals surface area contributed by atoms with Crippen molar-refractivity contribution in [3.8, 4) is 6.07 Å². The van der Waals surface area contributed by atoms with Crippen LogP contribution in [0, 0.1) is 16.7 Å². The van der Waals surface area contributed by atoms with Crippen LogP contribution in [0.5, 0.6) is 0 Å². The average molecular weight is 363 g/mol. The predicted octanol–water partition coefficient (Wildman–Crippen LogP) is 0.906. The molecule has 0 aromatic heterocycles. The molecule has 140 valence electrons. The minimum absolute atomic E-state index is 0.0590. The topological polar surface area (TPSA) is 107 Å². The molecule has 0 amide bonds. The molecule has 0 aliphatic carbocycles. The van der Waals surface area contributed by atoms with E-state index in [-0.39, 0.29) is 13.2 Å². The van der Waals surface area contributed by atoms with E-state index in [4.69, 9.17) is 23.7 Å². The number of hydrogen-bond donors (Lipinski definition) is 1. The van der Waals surface area contributed by atoms with E-state index in [9.17, 15) is 15.2 Å². The zero-order chi connectivity index (χ0) is 18.7. The van der Waals surface area contributed by atoms with E-state index in [1.807, 2.05) is 36.4 Å². The molecule has 0 spiro atoms. The molecule has 1 aromatic carbocycles. The van der Waals surface area contributed by atoms with Gasteiger partial charge in [0.1, 0.15) is 18.3 Å². The molecule has 26 heavy (non-hydrogen) atoms. The molecule has 1 unspecified atom stereocenters. The molecule has 0 bridgehead atoms. The molecule has 0 saturated carbocycles. The molecule has 3 rings (SSSR count). The number of aliphatic hydroxyl groups excluding tert-OH is 1. The lowest BCUT2D eigenvalue weighted by Gasteiger charge is -2.50. The Morgan fingerprint density at radius 3 is 2.73 bits per heavy atom. The molecule has 1 aromatic rings.